The van der Waals surface area contributed by atoms with Gasteiger partial charge < -0.3 is 5.32 Å². The molecule has 0 fully saturated rings. The Morgan fingerprint density at radius 3 is 3.18 bits per heavy atom. The molecule has 1 radical (unpaired) electrons. The van der Waals surface area contributed by atoms with Gasteiger partial charge in [-0.3, -0.25) is 0 Å². The molecule has 0 saturated heterocycles. The van der Waals surface area contributed by atoms with Crippen LogP contribution >= 0.6 is 0 Å². The Hall–Kier alpha value is 0.326. The SMILES string of the molecule is C1=Cc2cccnc2NC1.[K]. The standard InChI is InChI=1S/C8H8N2.K/c1-3-7-4-2-6-10-8(7)9-5-1;/h1-5H,6H2,(H,9,10);. The van der Waals surface area contributed by atoms with Gasteiger partial charge in [0.05, 0.1) is 0 Å². The topological polar surface area (TPSA) is 24.9 Å². The molecular weight excluding hydrogens is 163 g/mol. The maximum Gasteiger partial charge on any atom is 0.133 e. The van der Waals surface area contributed by atoms with Crippen LogP contribution in [0.25, 0.3) is 6.08 Å². The number of anilines is 1. The molecule has 2 rings (SSSR count). The molecule has 0 bridgehead atoms. The second kappa shape index (κ2) is 4.38. The van der Waals surface area contributed by atoms with Gasteiger partial charge in [0.25, 0.3) is 0 Å². The number of hydrogen-bond donors (Lipinski definition) is 1. The molecule has 51 valence electrons. The first kappa shape index (κ1) is 9.41. The number of nitrogens with zero attached hydrogens (tertiary/aromatic N) is 1. The molecule has 1 aromatic heterocycles. The molecule has 11 heavy (non-hydrogen) atoms. The van der Waals surface area contributed by atoms with Gasteiger partial charge in [-0.1, -0.05) is 12.2 Å². The summed E-state index contributed by atoms with van der Waals surface area (Å²) < 4.78 is 0. The zero-order valence-corrected chi connectivity index (χ0v) is 9.66. The third kappa shape index (κ3) is 2.13. The summed E-state index contributed by atoms with van der Waals surface area (Å²) >= 11 is 0. The van der Waals surface area contributed by atoms with Crippen LogP contribution in [0.4, 0.5) is 5.82 Å². The predicted molar refractivity (Wildman–Crippen MR) is 47.5 cm³/mol. The van der Waals surface area contributed by atoms with Crippen molar-refractivity contribution in [2.75, 3.05) is 11.9 Å². The first-order valence-electron chi connectivity index (χ1n) is 3.32. The van der Waals surface area contributed by atoms with E-state index in [0.29, 0.717) is 0 Å². The molecule has 3 heteroatoms. The van der Waals surface area contributed by atoms with Crippen LogP contribution in [-0.4, -0.2) is 62.9 Å². The Kier molecular flexibility index (Phi) is 3.75. The Morgan fingerprint density at radius 1 is 1.45 bits per heavy atom. The average molecular weight is 171 g/mol. The fourth-order valence-corrected chi connectivity index (χ4v) is 1.04. The zero-order chi connectivity index (χ0) is 6.81. The summed E-state index contributed by atoms with van der Waals surface area (Å²) in [7, 11) is 0. The Bertz CT molecular complexity index is 271. The first-order chi connectivity index (χ1) is 4.97. The van der Waals surface area contributed by atoms with Crippen LogP contribution in [0.2, 0.25) is 0 Å². The first-order valence-corrected chi connectivity index (χ1v) is 3.32. The van der Waals surface area contributed by atoms with Crippen LogP contribution in [0, 0.1) is 0 Å². The van der Waals surface area contributed by atoms with Gasteiger partial charge in [-0.25, -0.2) is 4.98 Å². The summed E-state index contributed by atoms with van der Waals surface area (Å²) in [6, 6.07) is 3.99. The minimum atomic E-state index is 0. The van der Waals surface area contributed by atoms with Crippen molar-refractivity contribution in [2.24, 2.45) is 0 Å². The average Bonchev–Trinajstić information content (AvgIpc) is 2.05. The molecular formula is C8H8KN2. The van der Waals surface area contributed by atoms with Gasteiger partial charge in [-0.15, -0.1) is 0 Å². The van der Waals surface area contributed by atoms with E-state index in [-0.39, 0.29) is 51.4 Å². The Balaban J connectivity index is 0.000000605. The van der Waals surface area contributed by atoms with Crippen molar-refractivity contribution in [3.05, 3.63) is 30.0 Å². The fraction of sp³-hybridized carbons (Fsp3) is 0.125. The molecule has 2 heterocycles. The van der Waals surface area contributed by atoms with Crippen LogP contribution in [0.5, 0.6) is 0 Å². The van der Waals surface area contributed by atoms with Crippen molar-refractivity contribution in [2.45, 2.75) is 0 Å². The van der Waals surface area contributed by atoms with Crippen molar-refractivity contribution >= 4 is 63.3 Å². The molecule has 0 saturated carbocycles. The molecule has 0 aliphatic carbocycles. The maximum atomic E-state index is 4.16. The molecule has 0 aromatic carbocycles. The van der Waals surface area contributed by atoms with Crippen LogP contribution in [0.3, 0.4) is 0 Å². The van der Waals surface area contributed by atoms with Crippen molar-refractivity contribution in [1.82, 2.24) is 4.98 Å². The maximum absolute atomic E-state index is 4.16. The summed E-state index contributed by atoms with van der Waals surface area (Å²) in [5.41, 5.74) is 1.17. The summed E-state index contributed by atoms with van der Waals surface area (Å²) in [4.78, 5) is 4.16. The Morgan fingerprint density at radius 2 is 2.36 bits per heavy atom. The van der Waals surface area contributed by atoms with E-state index in [0.717, 1.165) is 12.4 Å². The van der Waals surface area contributed by atoms with E-state index in [4.69, 9.17) is 0 Å². The molecule has 0 spiro atoms. The molecule has 1 aliphatic heterocycles. The summed E-state index contributed by atoms with van der Waals surface area (Å²) in [6.07, 6.45) is 5.97. The second-order valence-electron chi connectivity index (χ2n) is 2.22. The van der Waals surface area contributed by atoms with E-state index in [2.05, 4.69) is 22.5 Å². The van der Waals surface area contributed by atoms with Crippen molar-refractivity contribution in [3.63, 3.8) is 0 Å². The van der Waals surface area contributed by atoms with Crippen molar-refractivity contribution < 1.29 is 0 Å². The molecule has 0 amide bonds. The number of fused-ring (bicyclic) bond motifs is 1. The van der Waals surface area contributed by atoms with E-state index in [9.17, 15) is 0 Å². The fourth-order valence-electron chi connectivity index (χ4n) is 1.04. The monoisotopic (exact) mass is 171 g/mol. The van der Waals surface area contributed by atoms with E-state index in [1.165, 1.54) is 5.56 Å². The summed E-state index contributed by atoms with van der Waals surface area (Å²) in [5, 5.41) is 3.16. The van der Waals surface area contributed by atoms with E-state index in [1.807, 2.05) is 12.1 Å². The molecule has 1 aromatic rings. The molecule has 1 aliphatic rings. The van der Waals surface area contributed by atoms with Crippen molar-refractivity contribution in [1.29, 1.82) is 0 Å². The quantitative estimate of drug-likeness (QED) is 0.592. The summed E-state index contributed by atoms with van der Waals surface area (Å²) in [6.45, 7) is 0.893. The minimum Gasteiger partial charge on any atom is -0.366 e. The number of nitrogens with one attached hydrogen (secondary N) is 1. The normalized spacial score (nSPS) is 12.7. The van der Waals surface area contributed by atoms with E-state index < -0.39 is 0 Å². The van der Waals surface area contributed by atoms with Crippen molar-refractivity contribution in [3.8, 4) is 0 Å². The van der Waals surface area contributed by atoms with Crippen LogP contribution in [0.1, 0.15) is 5.56 Å². The number of aromatic nitrogens is 1. The minimum absolute atomic E-state index is 0. The van der Waals surface area contributed by atoms with E-state index in [1.54, 1.807) is 6.20 Å². The number of pyridine rings is 1. The van der Waals surface area contributed by atoms with Gasteiger partial charge in [-0.05, 0) is 12.1 Å². The van der Waals surface area contributed by atoms with Crippen LogP contribution in [0.15, 0.2) is 24.4 Å². The largest absolute Gasteiger partial charge is 0.366 e. The molecule has 2 nitrogen and oxygen atoms in total. The van der Waals surface area contributed by atoms with Gasteiger partial charge in [0.1, 0.15) is 5.82 Å². The molecule has 1 N–H and O–H groups in total. The molecule has 0 atom stereocenters. The third-order valence-corrected chi connectivity index (χ3v) is 1.52. The van der Waals surface area contributed by atoms with E-state index >= 15 is 0 Å². The predicted octanol–water partition coefficient (Wildman–Crippen LogP) is 1.14. The van der Waals surface area contributed by atoms with Crippen LogP contribution in [-0.2, 0) is 0 Å². The zero-order valence-electron chi connectivity index (χ0n) is 6.54. The summed E-state index contributed by atoms with van der Waals surface area (Å²) in [5.74, 6) is 0.991. The molecule has 0 unspecified atom stereocenters. The second-order valence-corrected chi connectivity index (χ2v) is 2.22. The van der Waals surface area contributed by atoms with Gasteiger partial charge in [-0.2, -0.15) is 0 Å². The smallest absolute Gasteiger partial charge is 0.133 e. The number of hydrogen-bond acceptors (Lipinski definition) is 2. The van der Waals surface area contributed by atoms with Gasteiger partial charge in [0.15, 0.2) is 0 Å². The van der Waals surface area contributed by atoms with Gasteiger partial charge in [0, 0.05) is 69.7 Å². The van der Waals surface area contributed by atoms with Gasteiger partial charge >= 0.3 is 0 Å². The van der Waals surface area contributed by atoms with Gasteiger partial charge in [0.2, 0.25) is 0 Å². The number of rotatable bonds is 0. The Labute approximate surface area is 109 Å². The third-order valence-electron chi connectivity index (χ3n) is 1.52. The van der Waals surface area contributed by atoms with Crippen LogP contribution < -0.4 is 5.32 Å².